The zero-order valence-electron chi connectivity index (χ0n) is 14.3. The fourth-order valence-corrected chi connectivity index (χ4v) is 2.84. The molecule has 3 heteroatoms. The standard InChI is InChI=1S/C18H29N3/c1-12(2)10-21(11-13(3)4)15(6)18-19-16-8-7-14(5)9-17(16)20-18/h7-9,12-13,15H,10-11H2,1-6H3,(H,19,20). The third-order valence-electron chi connectivity index (χ3n) is 3.80. The van der Waals surface area contributed by atoms with Crippen LogP contribution in [0.4, 0.5) is 0 Å². The van der Waals surface area contributed by atoms with Crippen molar-refractivity contribution >= 4 is 11.0 Å². The number of nitrogens with one attached hydrogen (secondary N) is 1. The van der Waals surface area contributed by atoms with Crippen LogP contribution < -0.4 is 0 Å². The van der Waals surface area contributed by atoms with E-state index in [1.54, 1.807) is 0 Å². The molecule has 0 spiro atoms. The van der Waals surface area contributed by atoms with Crippen LogP contribution in [0.5, 0.6) is 0 Å². The van der Waals surface area contributed by atoms with Gasteiger partial charge in [-0.25, -0.2) is 4.98 Å². The van der Waals surface area contributed by atoms with E-state index in [9.17, 15) is 0 Å². The van der Waals surface area contributed by atoms with Gasteiger partial charge in [0, 0.05) is 13.1 Å². The zero-order chi connectivity index (χ0) is 15.6. The summed E-state index contributed by atoms with van der Waals surface area (Å²) in [4.78, 5) is 10.8. The summed E-state index contributed by atoms with van der Waals surface area (Å²) in [6.07, 6.45) is 0. The van der Waals surface area contributed by atoms with Gasteiger partial charge in [-0.2, -0.15) is 0 Å². The number of aryl methyl sites for hydroxylation is 1. The minimum Gasteiger partial charge on any atom is -0.341 e. The Labute approximate surface area is 128 Å². The summed E-state index contributed by atoms with van der Waals surface area (Å²) in [5, 5.41) is 0. The average Bonchev–Trinajstić information content (AvgIpc) is 2.78. The molecule has 0 aliphatic carbocycles. The second-order valence-corrected chi connectivity index (χ2v) is 7.06. The molecule has 1 aromatic heterocycles. The molecule has 2 rings (SSSR count). The van der Waals surface area contributed by atoms with Gasteiger partial charge < -0.3 is 4.98 Å². The molecule has 1 aromatic carbocycles. The van der Waals surface area contributed by atoms with Crippen molar-refractivity contribution in [3.63, 3.8) is 0 Å². The molecule has 0 aliphatic rings. The Bertz CT molecular complexity index is 573. The lowest BCUT2D eigenvalue weighted by Gasteiger charge is -2.30. The Balaban J connectivity index is 2.26. The Morgan fingerprint density at radius 1 is 1.05 bits per heavy atom. The largest absolute Gasteiger partial charge is 0.341 e. The Kier molecular flexibility index (Phi) is 5.04. The number of hydrogen-bond acceptors (Lipinski definition) is 2. The van der Waals surface area contributed by atoms with Crippen LogP contribution in [0.2, 0.25) is 0 Å². The Morgan fingerprint density at radius 2 is 1.67 bits per heavy atom. The van der Waals surface area contributed by atoms with Gasteiger partial charge >= 0.3 is 0 Å². The number of hydrogen-bond donors (Lipinski definition) is 1. The van der Waals surface area contributed by atoms with Gasteiger partial charge in [0.25, 0.3) is 0 Å². The first-order chi connectivity index (χ1) is 9.86. The second-order valence-electron chi connectivity index (χ2n) is 7.06. The van der Waals surface area contributed by atoms with Crippen molar-refractivity contribution in [2.45, 2.75) is 47.6 Å². The van der Waals surface area contributed by atoms with Gasteiger partial charge in [0.2, 0.25) is 0 Å². The summed E-state index contributed by atoms with van der Waals surface area (Å²) in [5.41, 5.74) is 3.48. The number of fused-ring (bicyclic) bond motifs is 1. The van der Waals surface area contributed by atoms with Crippen molar-refractivity contribution in [1.82, 2.24) is 14.9 Å². The third-order valence-corrected chi connectivity index (χ3v) is 3.80. The highest BCUT2D eigenvalue weighted by atomic mass is 15.2. The average molecular weight is 287 g/mol. The van der Waals surface area contributed by atoms with Crippen molar-refractivity contribution < 1.29 is 0 Å². The zero-order valence-corrected chi connectivity index (χ0v) is 14.3. The van der Waals surface area contributed by atoms with Gasteiger partial charge in [-0.3, -0.25) is 4.90 Å². The van der Waals surface area contributed by atoms with Crippen molar-refractivity contribution in [2.75, 3.05) is 13.1 Å². The fraction of sp³-hybridized carbons (Fsp3) is 0.611. The van der Waals surface area contributed by atoms with Gasteiger partial charge in [0.05, 0.1) is 17.1 Å². The van der Waals surface area contributed by atoms with Crippen molar-refractivity contribution in [1.29, 1.82) is 0 Å². The van der Waals surface area contributed by atoms with E-state index in [4.69, 9.17) is 4.98 Å². The van der Waals surface area contributed by atoms with Crippen LogP contribution in [0.1, 0.15) is 52.0 Å². The molecule has 0 fully saturated rings. The molecule has 116 valence electrons. The third kappa shape index (κ3) is 4.07. The van der Waals surface area contributed by atoms with E-state index in [2.05, 4.69) is 69.6 Å². The van der Waals surface area contributed by atoms with Crippen LogP contribution in [-0.2, 0) is 0 Å². The van der Waals surface area contributed by atoms with Gasteiger partial charge in [0.15, 0.2) is 0 Å². The summed E-state index contributed by atoms with van der Waals surface area (Å²) >= 11 is 0. The first kappa shape index (κ1) is 16.0. The maximum atomic E-state index is 4.79. The molecule has 0 amide bonds. The van der Waals surface area contributed by atoms with Crippen LogP contribution in [-0.4, -0.2) is 28.0 Å². The SMILES string of the molecule is Cc1ccc2nc(C(C)N(CC(C)C)CC(C)C)[nH]c2c1. The van der Waals surface area contributed by atoms with Crippen molar-refractivity contribution in [2.24, 2.45) is 11.8 Å². The van der Waals surface area contributed by atoms with E-state index in [1.807, 2.05) is 0 Å². The molecular weight excluding hydrogens is 258 g/mol. The van der Waals surface area contributed by atoms with E-state index in [0.29, 0.717) is 17.9 Å². The normalized spacial score (nSPS) is 13.8. The number of aromatic amines is 1. The van der Waals surface area contributed by atoms with Gasteiger partial charge in [-0.1, -0.05) is 33.8 Å². The number of aromatic nitrogens is 2. The molecule has 1 unspecified atom stereocenters. The number of imidazole rings is 1. The molecule has 0 aliphatic heterocycles. The van der Waals surface area contributed by atoms with Crippen LogP contribution in [0.25, 0.3) is 11.0 Å². The molecule has 0 bridgehead atoms. The summed E-state index contributed by atoms with van der Waals surface area (Å²) in [7, 11) is 0. The van der Waals surface area contributed by atoms with Crippen LogP contribution >= 0.6 is 0 Å². The fourth-order valence-electron chi connectivity index (χ4n) is 2.84. The first-order valence-electron chi connectivity index (χ1n) is 8.07. The van der Waals surface area contributed by atoms with E-state index in [-0.39, 0.29) is 0 Å². The minimum atomic E-state index is 0.322. The Morgan fingerprint density at radius 3 is 2.24 bits per heavy atom. The summed E-state index contributed by atoms with van der Waals surface area (Å²) in [6.45, 7) is 15.7. The maximum Gasteiger partial charge on any atom is 0.124 e. The molecule has 21 heavy (non-hydrogen) atoms. The molecule has 0 saturated heterocycles. The van der Waals surface area contributed by atoms with E-state index < -0.39 is 0 Å². The van der Waals surface area contributed by atoms with E-state index in [0.717, 1.165) is 29.9 Å². The van der Waals surface area contributed by atoms with Crippen molar-refractivity contribution in [3.05, 3.63) is 29.6 Å². The summed E-state index contributed by atoms with van der Waals surface area (Å²) in [5.74, 6) is 2.41. The monoisotopic (exact) mass is 287 g/mol. The molecule has 1 N–H and O–H groups in total. The minimum absolute atomic E-state index is 0.322. The number of benzene rings is 1. The van der Waals surface area contributed by atoms with Crippen LogP contribution in [0.15, 0.2) is 18.2 Å². The van der Waals surface area contributed by atoms with E-state index >= 15 is 0 Å². The van der Waals surface area contributed by atoms with Crippen LogP contribution in [0, 0.1) is 18.8 Å². The lowest BCUT2D eigenvalue weighted by Crippen LogP contribution is -2.34. The molecule has 2 aromatic rings. The highest BCUT2D eigenvalue weighted by Crippen LogP contribution is 2.23. The molecule has 3 nitrogen and oxygen atoms in total. The highest BCUT2D eigenvalue weighted by Gasteiger charge is 2.20. The predicted octanol–water partition coefficient (Wildman–Crippen LogP) is 4.55. The predicted molar refractivity (Wildman–Crippen MR) is 90.5 cm³/mol. The smallest absolute Gasteiger partial charge is 0.124 e. The molecule has 0 radical (unpaired) electrons. The Hall–Kier alpha value is -1.35. The molecular formula is C18H29N3. The number of nitrogens with zero attached hydrogens (tertiary/aromatic N) is 2. The highest BCUT2D eigenvalue weighted by molar-refractivity contribution is 5.75. The topological polar surface area (TPSA) is 31.9 Å². The van der Waals surface area contributed by atoms with Gasteiger partial charge in [0.1, 0.15) is 5.82 Å². The van der Waals surface area contributed by atoms with Gasteiger partial charge in [-0.05, 0) is 43.4 Å². The lowest BCUT2D eigenvalue weighted by atomic mass is 10.1. The maximum absolute atomic E-state index is 4.79. The van der Waals surface area contributed by atoms with Crippen LogP contribution in [0.3, 0.4) is 0 Å². The number of H-pyrrole nitrogens is 1. The summed E-state index contributed by atoms with van der Waals surface area (Å²) < 4.78 is 0. The quantitative estimate of drug-likeness (QED) is 0.845. The first-order valence-corrected chi connectivity index (χ1v) is 8.07. The molecule has 0 saturated carbocycles. The lowest BCUT2D eigenvalue weighted by molar-refractivity contribution is 0.162. The summed E-state index contributed by atoms with van der Waals surface area (Å²) in [6, 6.07) is 6.72. The van der Waals surface area contributed by atoms with E-state index in [1.165, 1.54) is 5.56 Å². The molecule has 1 heterocycles. The van der Waals surface area contributed by atoms with Crippen molar-refractivity contribution in [3.8, 4) is 0 Å². The number of rotatable bonds is 6. The van der Waals surface area contributed by atoms with Gasteiger partial charge in [-0.15, -0.1) is 0 Å². The molecule has 1 atom stereocenters. The second kappa shape index (κ2) is 6.61.